The van der Waals surface area contributed by atoms with Crippen molar-refractivity contribution in [3.8, 4) is 12.3 Å². The highest BCUT2D eigenvalue weighted by Crippen LogP contribution is 2.21. The van der Waals surface area contributed by atoms with Crippen LogP contribution in [0.2, 0.25) is 0 Å². The molecule has 0 amide bonds. The van der Waals surface area contributed by atoms with Gasteiger partial charge in [-0.15, -0.1) is 24.1 Å². The number of aryl methyl sites for hydroxylation is 2. The molecule has 0 bridgehead atoms. The van der Waals surface area contributed by atoms with Gasteiger partial charge in [0.1, 0.15) is 0 Å². The number of benzene rings is 1. The second-order valence-corrected chi connectivity index (χ2v) is 4.22. The smallest absolute Gasteiger partial charge is 0.0180 e. The van der Waals surface area contributed by atoms with E-state index in [9.17, 15) is 0 Å². The van der Waals surface area contributed by atoms with Gasteiger partial charge >= 0.3 is 0 Å². The minimum atomic E-state index is 0.845. The summed E-state index contributed by atoms with van der Waals surface area (Å²) in [5, 5.41) is 0. The van der Waals surface area contributed by atoms with Crippen LogP contribution in [0.1, 0.15) is 17.5 Å². The summed E-state index contributed by atoms with van der Waals surface area (Å²) in [5.74, 6) is 3.66. The van der Waals surface area contributed by atoms with Crippen molar-refractivity contribution in [1.29, 1.82) is 0 Å². The van der Waals surface area contributed by atoms with Crippen LogP contribution in [0.15, 0.2) is 23.1 Å². The van der Waals surface area contributed by atoms with Gasteiger partial charge in [0.25, 0.3) is 0 Å². The van der Waals surface area contributed by atoms with Gasteiger partial charge in [-0.1, -0.05) is 6.07 Å². The highest BCUT2D eigenvalue weighted by Gasteiger charge is 1.95. The summed E-state index contributed by atoms with van der Waals surface area (Å²) in [5.41, 5.74) is 2.70. The molecule has 1 heteroatoms. The Morgan fingerprint density at radius 3 is 2.69 bits per heavy atom. The van der Waals surface area contributed by atoms with Crippen molar-refractivity contribution in [3.05, 3.63) is 29.3 Å². The Morgan fingerprint density at radius 1 is 1.31 bits per heavy atom. The van der Waals surface area contributed by atoms with Crippen LogP contribution < -0.4 is 0 Å². The summed E-state index contributed by atoms with van der Waals surface area (Å²) < 4.78 is 0. The lowest BCUT2D eigenvalue weighted by molar-refractivity contribution is 1.26. The maximum absolute atomic E-state index is 5.18. The standard InChI is InChI=1S/C12H14S/c1-4-5-8-13-12-7-6-10(2)11(3)9-12/h1,6-7,9H,5,8H2,2-3H3. The average molecular weight is 190 g/mol. The largest absolute Gasteiger partial charge is 0.125 e. The SMILES string of the molecule is C#CCCSc1ccc(C)c(C)c1. The Morgan fingerprint density at radius 2 is 2.08 bits per heavy atom. The van der Waals surface area contributed by atoms with Gasteiger partial charge in [0.05, 0.1) is 0 Å². The predicted octanol–water partition coefficient (Wildman–Crippen LogP) is 3.42. The molecule has 1 aromatic rings. The van der Waals surface area contributed by atoms with E-state index in [1.807, 2.05) is 11.8 Å². The molecule has 0 saturated heterocycles. The first-order valence-corrected chi connectivity index (χ1v) is 5.36. The number of hydrogen-bond donors (Lipinski definition) is 0. The molecule has 0 atom stereocenters. The van der Waals surface area contributed by atoms with Crippen molar-refractivity contribution in [2.24, 2.45) is 0 Å². The molecule has 0 nitrogen and oxygen atoms in total. The zero-order valence-electron chi connectivity index (χ0n) is 8.13. The van der Waals surface area contributed by atoms with Crippen molar-refractivity contribution in [3.63, 3.8) is 0 Å². The summed E-state index contributed by atoms with van der Waals surface area (Å²) in [6.07, 6.45) is 6.03. The lowest BCUT2D eigenvalue weighted by Gasteiger charge is -2.03. The van der Waals surface area contributed by atoms with Gasteiger partial charge < -0.3 is 0 Å². The predicted molar refractivity (Wildman–Crippen MR) is 60.1 cm³/mol. The summed E-state index contributed by atoms with van der Waals surface area (Å²) in [6, 6.07) is 6.54. The lowest BCUT2D eigenvalue weighted by atomic mass is 10.1. The summed E-state index contributed by atoms with van der Waals surface area (Å²) in [7, 11) is 0. The molecule has 0 heterocycles. The molecule has 1 aromatic carbocycles. The Kier molecular flexibility index (Phi) is 3.92. The van der Waals surface area contributed by atoms with E-state index in [1.165, 1.54) is 16.0 Å². The quantitative estimate of drug-likeness (QED) is 0.400. The van der Waals surface area contributed by atoms with Crippen LogP contribution in [0.5, 0.6) is 0 Å². The third-order valence-electron chi connectivity index (χ3n) is 1.99. The van der Waals surface area contributed by atoms with Gasteiger partial charge in [-0.05, 0) is 37.1 Å². The van der Waals surface area contributed by atoms with E-state index in [1.54, 1.807) is 0 Å². The van der Waals surface area contributed by atoms with Crippen LogP contribution >= 0.6 is 11.8 Å². The first-order chi connectivity index (χ1) is 6.24. The fourth-order valence-electron chi connectivity index (χ4n) is 1.03. The van der Waals surface area contributed by atoms with Gasteiger partial charge in [-0.3, -0.25) is 0 Å². The van der Waals surface area contributed by atoms with Crippen LogP contribution in [0.3, 0.4) is 0 Å². The molecule has 0 radical (unpaired) electrons. The summed E-state index contributed by atoms with van der Waals surface area (Å²) >= 11 is 1.83. The van der Waals surface area contributed by atoms with Crippen LogP contribution in [-0.4, -0.2) is 5.75 Å². The first kappa shape index (κ1) is 10.2. The average Bonchev–Trinajstić information content (AvgIpc) is 2.12. The molecular formula is C12H14S. The van der Waals surface area contributed by atoms with Crippen LogP contribution in [0.4, 0.5) is 0 Å². The minimum absolute atomic E-state index is 0.845. The van der Waals surface area contributed by atoms with Gasteiger partial charge in [0.15, 0.2) is 0 Å². The molecule has 0 unspecified atom stereocenters. The highest BCUT2D eigenvalue weighted by molar-refractivity contribution is 7.99. The van der Waals surface area contributed by atoms with Crippen molar-refractivity contribution in [2.75, 3.05) is 5.75 Å². The van der Waals surface area contributed by atoms with Crippen LogP contribution in [0.25, 0.3) is 0 Å². The molecule has 68 valence electrons. The lowest BCUT2D eigenvalue weighted by Crippen LogP contribution is -1.82. The highest BCUT2D eigenvalue weighted by atomic mass is 32.2. The zero-order valence-corrected chi connectivity index (χ0v) is 8.95. The Balaban J connectivity index is 2.59. The number of terminal acetylenes is 1. The molecule has 0 aliphatic heterocycles. The van der Waals surface area contributed by atoms with Crippen LogP contribution in [0, 0.1) is 26.2 Å². The number of rotatable bonds is 3. The zero-order chi connectivity index (χ0) is 9.68. The van der Waals surface area contributed by atoms with Crippen LogP contribution in [-0.2, 0) is 0 Å². The number of thioether (sulfide) groups is 1. The van der Waals surface area contributed by atoms with Crippen molar-refractivity contribution in [1.82, 2.24) is 0 Å². The third kappa shape index (κ3) is 3.16. The maximum Gasteiger partial charge on any atom is 0.0180 e. The van der Waals surface area contributed by atoms with E-state index in [0.29, 0.717) is 0 Å². The normalized spacial score (nSPS) is 9.62. The molecule has 1 rings (SSSR count). The van der Waals surface area contributed by atoms with Gasteiger partial charge in [0, 0.05) is 17.1 Å². The number of hydrogen-bond acceptors (Lipinski definition) is 1. The van der Waals surface area contributed by atoms with E-state index in [0.717, 1.165) is 12.2 Å². The van der Waals surface area contributed by atoms with E-state index < -0.39 is 0 Å². The van der Waals surface area contributed by atoms with E-state index in [2.05, 4.69) is 38.0 Å². The summed E-state index contributed by atoms with van der Waals surface area (Å²) in [4.78, 5) is 1.32. The van der Waals surface area contributed by atoms with E-state index >= 15 is 0 Å². The molecule has 13 heavy (non-hydrogen) atoms. The fraction of sp³-hybridized carbons (Fsp3) is 0.333. The minimum Gasteiger partial charge on any atom is -0.125 e. The third-order valence-corrected chi connectivity index (χ3v) is 2.99. The van der Waals surface area contributed by atoms with Crippen molar-refractivity contribution < 1.29 is 0 Å². The van der Waals surface area contributed by atoms with E-state index in [4.69, 9.17) is 6.42 Å². The van der Waals surface area contributed by atoms with Gasteiger partial charge in [-0.25, -0.2) is 0 Å². The molecule has 0 aliphatic rings. The van der Waals surface area contributed by atoms with E-state index in [-0.39, 0.29) is 0 Å². The molecule has 0 N–H and O–H groups in total. The van der Waals surface area contributed by atoms with Crippen molar-refractivity contribution >= 4 is 11.8 Å². The Bertz CT molecular complexity index is 320. The molecule has 0 aliphatic carbocycles. The van der Waals surface area contributed by atoms with Crippen molar-refractivity contribution in [2.45, 2.75) is 25.2 Å². The molecular weight excluding hydrogens is 176 g/mol. The second kappa shape index (κ2) is 4.99. The monoisotopic (exact) mass is 190 g/mol. The molecule has 0 spiro atoms. The Hall–Kier alpha value is -0.870. The molecule has 0 saturated carbocycles. The maximum atomic E-state index is 5.18. The summed E-state index contributed by atoms with van der Waals surface area (Å²) in [6.45, 7) is 4.27. The first-order valence-electron chi connectivity index (χ1n) is 4.37. The molecule has 0 fully saturated rings. The molecule has 0 aromatic heterocycles. The van der Waals surface area contributed by atoms with Gasteiger partial charge in [-0.2, -0.15) is 0 Å². The fourth-order valence-corrected chi connectivity index (χ4v) is 1.91. The van der Waals surface area contributed by atoms with Gasteiger partial charge in [0.2, 0.25) is 0 Å². The second-order valence-electron chi connectivity index (χ2n) is 3.05. The topological polar surface area (TPSA) is 0 Å². The Labute approximate surface area is 84.7 Å².